The summed E-state index contributed by atoms with van der Waals surface area (Å²) in [5.41, 5.74) is 16.3. The maximum atomic E-state index is 6.96. The van der Waals surface area contributed by atoms with Crippen LogP contribution in [0.4, 0.5) is 17.1 Å². The molecule has 9 aromatic carbocycles. The first kappa shape index (κ1) is 32.8. The van der Waals surface area contributed by atoms with Crippen LogP contribution < -0.4 is 4.90 Å². The number of hydrogen-bond donors (Lipinski definition) is 0. The number of nitrogens with zero attached hydrogens (tertiary/aromatic N) is 1. The zero-order valence-electron chi connectivity index (χ0n) is 32.2. The molecule has 0 bridgehead atoms. The number of furan rings is 2. The quantitative estimate of drug-likeness (QED) is 0.176. The summed E-state index contributed by atoms with van der Waals surface area (Å²) in [7, 11) is 0. The number of rotatable bonds is 5. The lowest BCUT2D eigenvalue weighted by atomic mass is 9.82. The van der Waals surface area contributed by atoms with Gasteiger partial charge in [0, 0.05) is 49.0 Å². The predicted octanol–water partition coefficient (Wildman–Crippen LogP) is 15.7. The summed E-state index contributed by atoms with van der Waals surface area (Å²) in [6.07, 6.45) is 0. The highest BCUT2D eigenvalue weighted by molar-refractivity contribution is 6.24. The molecule has 2 heterocycles. The van der Waals surface area contributed by atoms with Crippen LogP contribution in [0, 0.1) is 0 Å². The van der Waals surface area contributed by atoms with E-state index in [0.717, 1.165) is 82.8 Å². The minimum atomic E-state index is -0.176. The van der Waals surface area contributed by atoms with Gasteiger partial charge in [0.2, 0.25) is 0 Å². The predicted molar refractivity (Wildman–Crippen MR) is 242 cm³/mol. The molecule has 1 aliphatic carbocycles. The van der Waals surface area contributed by atoms with E-state index in [4.69, 9.17) is 8.83 Å². The van der Waals surface area contributed by atoms with Crippen molar-refractivity contribution < 1.29 is 8.83 Å². The van der Waals surface area contributed by atoms with Crippen LogP contribution in [0.15, 0.2) is 197 Å². The SMILES string of the molecule is CC1(C)c2ccccc2-c2ccc(N(c3cc4c(oc5ccc(-c6ccccc6)c(-c6ccccc6)c54)c4ccccc34)c3cccc4c3oc3ccccc34)cc21. The zero-order chi connectivity index (χ0) is 38.5. The lowest BCUT2D eigenvalue weighted by Crippen LogP contribution is -2.16. The molecule has 0 amide bonds. The molecule has 274 valence electrons. The molecule has 58 heavy (non-hydrogen) atoms. The molecule has 3 nitrogen and oxygen atoms in total. The average Bonchev–Trinajstić information content (AvgIpc) is 3.92. The second-order valence-electron chi connectivity index (χ2n) is 16.0. The molecule has 0 saturated carbocycles. The van der Waals surface area contributed by atoms with Crippen LogP contribution >= 0.6 is 0 Å². The van der Waals surface area contributed by atoms with E-state index in [2.05, 4.69) is 201 Å². The highest BCUT2D eigenvalue weighted by atomic mass is 16.3. The number of anilines is 3. The molecule has 0 aliphatic heterocycles. The lowest BCUT2D eigenvalue weighted by Gasteiger charge is -2.29. The maximum absolute atomic E-state index is 6.96. The van der Waals surface area contributed by atoms with Crippen molar-refractivity contribution in [1.82, 2.24) is 0 Å². The van der Waals surface area contributed by atoms with Crippen molar-refractivity contribution in [2.75, 3.05) is 4.90 Å². The zero-order valence-corrected chi connectivity index (χ0v) is 32.2. The van der Waals surface area contributed by atoms with E-state index in [0.29, 0.717) is 0 Å². The van der Waals surface area contributed by atoms with Gasteiger partial charge < -0.3 is 13.7 Å². The van der Waals surface area contributed by atoms with E-state index < -0.39 is 0 Å². The van der Waals surface area contributed by atoms with Crippen molar-refractivity contribution in [1.29, 1.82) is 0 Å². The largest absolute Gasteiger partial charge is 0.455 e. The van der Waals surface area contributed by atoms with Crippen LogP contribution in [-0.2, 0) is 5.41 Å². The minimum absolute atomic E-state index is 0.176. The molecule has 11 aromatic rings. The van der Waals surface area contributed by atoms with Gasteiger partial charge in [-0.2, -0.15) is 0 Å². The van der Waals surface area contributed by atoms with E-state index in [1.165, 1.54) is 33.4 Å². The Hall–Kier alpha value is -7.36. The second-order valence-corrected chi connectivity index (χ2v) is 16.0. The van der Waals surface area contributed by atoms with Crippen LogP contribution in [0.3, 0.4) is 0 Å². The van der Waals surface area contributed by atoms with Gasteiger partial charge in [0.1, 0.15) is 16.7 Å². The summed E-state index contributed by atoms with van der Waals surface area (Å²) in [5, 5.41) is 6.51. The Morgan fingerprint density at radius 3 is 1.84 bits per heavy atom. The topological polar surface area (TPSA) is 29.5 Å². The van der Waals surface area contributed by atoms with E-state index in [9.17, 15) is 0 Å². The Balaban J connectivity index is 1.21. The summed E-state index contributed by atoms with van der Waals surface area (Å²) >= 11 is 0. The van der Waals surface area contributed by atoms with Crippen molar-refractivity contribution in [2.24, 2.45) is 0 Å². The molecule has 1 aliphatic rings. The molecule has 0 unspecified atom stereocenters. The molecular weight excluding hydrogens is 707 g/mol. The second kappa shape index (κ2) is 12.3. The van der Waals surface area contributed by atoms with E-state index >= 15 is 0 Å². The van der Waals surface area contributed by atoms with Crippen molar-refractivity contribution in [3.63, 3.8) is 0 Å². The highest BCUT2D eigenvalue weighted by Gasteiger charge is 2.36. The van der Waals surface area contributed by atoms with Gasteiger partial charge in [-0.25, -0.2) is 0 Å². The fraction of sp³-hybridized carbons (Fsp3) is 0.0545. The number of benzene rings is 9. The highest BCUT2D eigenvalue weighted by Crippen LogP contribution is 2.53. The smallest absolute Gasteiger partial charge is 0.159 e. The van der Waals surface area contributed by atoms with Gasteiger partial charge in [0.15, 0.2) is 5.58 Å². The van der Waals surface area contributed by atoms with Crippen LogP contribution in [0.5, 0.6) is 0 Å². The monoisotopic (exact) mass is 743 g/mol. The first-order valence-electron chi connectivity index (χ1n) is 20.0. The molecule has 0 fully saturated rings. The van der Waals surface area contributed by atoms with Gasteiger partial charge in [0.25, 0.3) is 0 Å². The van der Waals surface area contributed by atoms with Gasteiger partial charge >= 0.3 is 0 Å². The Morgan fingerprint density at radius 2 is 1.02 bits per heavy atom. The third-order valence-corrected chi connectivity index (χ3v) is 12.5. The van der Waals surface area contributed by atoms with Crippen molar-refractivity contribution in [3.8, 4) is 33.4 Å². The van der Waals surface area contributed by atoms with Crippen molar-refractivity contribution in [2.45, 2.75) is 19.3 Å². The summed E-state index contributed by atoms with van der Waals surface area (Å²) in [4.78, 5) is 2.42. The van der Waals surface area contributed by atoms with Gasteiger partial charge in [-0.3, -0.25) is 0 Å². The Bertz CT molecular complexity index is 3430. The Morgan fingerprint density at radius 1 is 0.397 bits per heavy atom. The summed E-state index contributed by atoms with van der Waals surface area (Å²) in [6, 6.07) is 67.6. The fourth-order valence-corrected chi connectivity index (χ4v) is 9.77. The van der Waals surface area contributed by atoms with E-state index in [1.807, 2.05) is 6.07 Å². The first-order chi connectivity index (χ1) is 28.5. The van der Waals surface area contributed by atoms with Crippen LogP contribution in [-0.4, -0.2) is 0 Å². The molecule has 3 heteroatoms. The maximum Gasteiger partial charge on any atom is 0.159 e. The van der Waals surface area contributed by atoms with Crippen LogP contribution in [0.2, 0.25) is 0 Å². The van der Waals surface area contributed by atoms with Crippen LogP contribution in [0.25, 0.3) is 88.0 Å². The summed E-state index contributed by atoms with van der Waals surface area (Å²) in [5.74, 6) is 0. The van der Waals surface area contributed by atoms with E-state index in [1.54, 1.807) is 0 Å². The molecule has 0 radical (unpaired) electrons. The third-order valence-electron chi connectivity index (χ3n) is 12.5. The summed E-state index contributed by atoms with van der Waals surface area (Å²) in [6.45, 7) is 4.69. The molecule has 0 saturated heterocycles. The first-order valence-corrected chi connectivity index (χ1v) is 20.0. The summed E-state index contributed by atoms with van der Waals surface area (Å²) < 4.78 is 13.8. The molecule has 0 atom stereocenters. The van der Waals surface area contributed by atoms with Crippen LogP contribution in [0.1, 0.15) is 25.0 Å². The molecule has 0 N–H and O–H groups in total. The Labute approximate surface area is 336 Å². The minimum Gasteiger partial charge on any atom is -0.455 e. The number of fused-ring (bicyclic) bond motifs is 11. The molecule has 0 spiro atoms. The lowest BCUT2D eigenvalue weighted by molar-refractivity contribution is 0.660. The Kier molecular flexibility index (Phi) is 6.98. The third kappa shape index (κ3) is 4.68. The number of para-hydroxylation sites is 2. The van der Waals surface area contributed by atoms with Gasteiger partial charge in [0.05, 0.1) is 11.4 Å². The standard InChI is InChI=1S/C55H37NO2/c1-55(2)45-25-13-11-20-38(45)39-29-28-36(32-46(39)55)56(47-26-15-24-43-41-22-12-14-27-49(41)57-54(43)47)48-33-44-52-50(58-53(44)42-23-10-9-21-40(42)48)31-30-37(34-16-5-3-6-17-34)51(52)35-18-7-4-8-19-35/h3-33H,1-2H3. The van der Waals surface area contributed by atoms with Crippen molar-refractivity contribution in [3.05, 3.63) is 199 Å². The van der Waals surface area contributed by atoms with Gasteiger partial charge in [-0.05, 0) is 75.3 Å². The number of hydrogen-bond acceptors (Lipinski definition) is 3. The average molecular weight is 744 g/mol. The molecule has 12 rings (SSSR count). The van der Waals surface area contributed by atoms with Crippen molar-refractivity contribution >= 4 is 71.7 Å². The molecule has 2 aromatic heterocycles. The molecular formula is C55H37NO2. The van der Waals surface area contributed by atoms with E-state index in [-0.39, 0.29) is 5.41 Å². The normalized spacial score (nSPS) is 13.1. The van der Waals surface area contributed by atoms with Gasteiger partial charge in [-0.1, -0.05) is 166 Å². The fourth-order valence-electron chi connectivity index (χ4n) is 9.77. The van der Waals surface area contributed by atoms with Gasteiger partial charge in [-0.15, -0.1) is 0 Å².